The second kappa shape index (κ2) is 5.18. The van der Waals surface area contributed by atoms with Gasteiger partial charge in [-0.05, 0) is 30.8 Å². The first kappa shape index (κ1) is 12.1. The molecule has 2 nitrogen and oxygen atoms in total. The smallest absolute Gasteiger partial charge is 0.128 e. The van der Waals surface area contributed by atoms with E-state index in [1.54, 1.807) is 0 Å². The molecule has 0 heterocycles. The van der Waals surface area contributed by atoms with Gasteiger partial charge in [0.05, 0.1) is 0 Å². The molecule has 0 saturated carbocycles. The third-order valence-electron chi connectivity index (χ3n) is 2.70. The van der Waals surface area contributed by atoms with Gasteiger partial charge in [0.1, 0.15) is 5.94 Å². The molecule has 1 N–H and O–H groups in total. The minimum atomic E-state index is 0.191. The normalized spacial score (nSPS) is 19.4. The van der Waals surface area contributed by atoms with E-state index < -0.39 is 0 Å². The molecule has 0 aromatic carbocycles. The topological polar surface area (TPSA) is 29.1 Å². The summed E-state index contributed by atoms with van der Waals surface area (Å²) in [6, 6.07) is 0. The van der Waals surface area contributed by atoms with Gasteiger partial charge in [-0.15, -0.1) is 0 Å². The van der Waals surface area contributed by atoms with Gasteiger partial charge < -0.3 is 5.32 Å². The van der Waals surface area contributed by atoms with Gasteiger partial charge in [-0.25, -0.2) is 4.79 Å². The van der Waals surface area contributed by atoms with Gasteiger partial charge in [-0.1, -0.05) is 27.2 Å². The van der Waals surface area contributed by atoms with E-state index in [2.05, 4.69) is 26.1 Å². The summed E-state index contributed by atoms with van der Waals surface area (Å²) in [5.41, 5.74) is 2.18. The Morgan fingerprint density at radius 3 is 2.80 bits per heavy atom. The Morgan fingerprint density at radius 1 is 1.47 bits per heavy atom. The lowest BCUT2D eigenvalue weighted by atomic mass is 9.77. The summed E-state index contributed by atoms with van der Waals surface area (Å²) < 4.78 is 0. The molecule has 1 aliphatic carbocycles. The van der Waals surface area contributed by atoms with Crippen LogP contribution in [-0.4, -0.2) is 12.5 Å². The Morgan fingerprint density at radius 2 is 2.20 bits per heavy atom. The molecule has 0 aliphatic heterocycles. The summed E-state index contributed by atoms with van der Waals surface area (Å²) in [4.78, 5) is 10.7. The van der Waals surface area contributed by atoms with Crippen LogP contribution in [0, 0.1) is 5.41 Å². The number of hydrogen-bond donors (Lipinski definition) is 1. The summed E-state index contributed by atoms with van der Waals surface area (Å²) in [5, 5.41) is 3.40. The maximum Gasteiger partial charge on any atom is 0.128 e. The first-order chi connectivity index (χ1) is 7.07. The average molecular weight is 207 g/mol. The van der Waals surface area contributed by atoms with E-state index in [0.717, 1.165) is 25.0 Å². The number of allylic oxidation sites excluding steroid dienone is 3. The van der Waals surface area contributed by atoms with Gasteiger partial charge in [0.2, 0.25) is 0 Å². The van der Waals surface area contributed by atoms with E-state index in [1.807, 2.05) is 12.0 Å². The lowest BCUT2D eigenvalue weighted by molar-refractivity contribution is 0.342. The molecule has 15 heavy (non-hydrogen) atoms. The van der Waals surface area contributed by atoms with Gasteiger partial charge in [-0.3, -0.25) is 0 Å². The summed E-state index contributed by atoms with van der Waals surface area (Å²) in [6.07, 6.45) is 6.21. The van der Waals surface area contributed by atoms with Crippen LogP contribution >= 0.6 is 0 Å². The molecule has 0 radical (unpaired) electrons. The van der Waals surface area contributed by atoms with Crippen LogP contribution in [0.15, 0.2) is 17.3 Å². The van der Waals surface area contributed by atoms with Gasteiger partial charge in [0, 0.05) is 17.8 Å². The molecule has 1 aliphatic rings. The van der Waals surface area contributed by atoms with E-state index in [0.29, 0.717) is 0 Å². The van der Waals surface area contributed by atoms with Crippen molar-refractivity contribution in [2.45, 2.75) is 46.5 Å². The second-order valence-electron chi connectivity index (χ2n) is 5.09. The van der Waals surface area contributed by atoms with Crippen molar-refractivity contribution < 1.29 is 4.79 Å². The zero-order valence-electron chi connectivity index (χ0n) is 10.0. The Kier molecular flexibility index (Phi) is 4.16. The SMILES string of the molecule is CCCCNC1=CC(=C=O)CC(C)(C)C1. The zero-order chi connectivity index (χ0) is 11.3. The van der Waals surface area contributed by atoms with Gasteiger partial charge in [-0.2, -0.15) is 0 Å². The van der Waals surface area contributed by atoms with Crippen molar-refractivity contribution in [3.63, 3.8) is 0 Å². The summed E-state index contributed by atoms with van der Waals surface area (Å²) >= 11 is 0. The summed E-state index contributed by atoms with van der Waals surface area (Å²) in [7, 11) is 0. The third kappa shape index (κ3) is 3.93. The molecule has 0 spiro atoms. The maximum atomic E-state index is 10.7. The number of nitrogens with one attached hydrogen (secondary N) is 1. The van der Waals surface area contributed by atoms with Crippen LogP contribution in [-0.2, 0) is 4.79 Å². The molecule has 0 amide bonds. The van der Waals surface area contributed by atoms with Gasteiger partial charge in [0.15, 0.2) is 0 Å². The molecule has 2 heteroatoms. The molecule has 0 unspecified atom stereocenters. The van der Waals surface area contributed by atoms with Crippen molar-refractivity contribution in [2.75, 3.05) is 6.54 Å². The van der Waals surface area contributed by atoms with Gasteiger partial charge >= 0.3 is 0 Å². The third-order valence-corrected chi connectivity index (χ3v) is 2.70. The van der Waals surface area contributed by atoms with E-state index in [4.69, 9.17) is 0 Å². The Balaban J connectivity index is 2.63. The monoisotopic (exact) mass is 207 g/mol. The largest absolute Gasteiger partial charge is 0.388 e. The lowest BCUT2D eigenvalue weighted by Crippen LogP contribution is -2.25. The fourth-order valence-corrected chi connectivity index (χ4v) is 2.01. The van der Waals surface area contributed by atoms with Crippen LogP contribution in [0.1, 0.15) is 46.5 Å². The van der Waals surface area contributed by atoms with E-state index in [9.17, 15) is 4.79 Å². The first-order valence-corrected chi connectivity index (χ1v) is 5.76. The van der Waals surface area contributed by atoms with Crippen LogP contribution < -0.4 is 5.32 Å². The molecule has 0 atom stereocenters. The fraction of sp³-hybridized carbons (Fsp3) is 0.692. The minimum absolute atomic E-state index is 0.191. The van der Waals surface area contributed by atoms with Crippen LogP contribution in [0.25, 0.3) is 0 Å². The maximum absolute atomic E-state index is 10.7. The molecule has 84 valence electrons. The Bertz CT molecular complexity index is 296. The lowest BCUT2D eigenvalue weighted by Gasteiger charge is -2.30. The highest BCUT2D eigenvalue weighted by atomic mass is 16.1. The fourth-order valence-electron chi connectivity index (χ4n) is 2.01. The van der Waals surface area contributed by atoms with E-state index >= 15 is 0 Å². The van der Waals surface area contributed by atoms with Gasteiger partial charge in [0.25, 0.3) is 0 Å². The molecule has 0 aromatic heterocycles. The Labute approximate surface area is 92.4 Å². The molecule has 0 aromatic rings. The quantitative estimate of drug-likeness (QED) is 0.567. The zero-order valence-corrected chi connectivity index (χ0v) is 10.0. The molecule has 0 bridgehead atoms. The first-order valence-electron chi connectivity index (χ1n) is 5.76. The number of carbonyl (C=O) groups excluding carboxylic acids is 1. The van der Waals surface area contributed by atoms with Crippen molar-refractivity contribution in [3.8, 4) is 0 Å². The van der Waals surface area contributed by atoms with Crippen LogP contribution in [0.3, 0.4) is 0 Å². The Hall–Kier alpha value is -1.01. The molecular formula is C13H21NO. The second-order valence-corrected chi connectivity index (χ2v) is 5.09. The molecule has 1 rings (SSSR count). The number of unbranched alkanes of at least 4 members (excludes halogenated alkanes) is 1. The molecular weight excluding hydrogens is 186 g/mol. The predicted octanol–water partition coefficient (Wildman–Crippen LogP) is 2.84. The molecule has 0 saturated heterocycles. The summed E-state index contributed by atoms with van der Waals surface area (Å²) in [6.45, 7) is 7.57. The minimum Gasteiger partial charge on any atom is -0.388 e. The van der Waals surface area contributed by atoms with E-state index in [1.165, 1.54) is 18.5 Å². The highest BCUT2D eigenvalue weighted by Crippen LogP contribution is 2.35. The predicted molar refractivity (Wildman–Crippen MR) is 63.2 cm³/mol. The molecule has 0 fully saturated rings. The van der Waals surface area contributed by atoms with Crippen molar-refractivity contribution in [2.24, 2.45) is 5.41 Å². The number of hydrogen-bond acceptors (Lipinski definition) is 2. The van der Waals surface area contributed by atoms with Crippen LogP contribution in [0.5, 0.6) is 0 Å². The highest BCUT2D eigenvalue weighted by molar-refractivity contribution is 5.58. The van der Waals surface area contributed by atoms with Crippen molar-refractivity contribution in [3.05, 3.63) is 17.3 Å². The standard InChI is InChI=1S/C13H21NO/c1-4-5-6-14-12-7-11(10-15)8-13(2,3)9-12/h7,14H,4-6,8-9H2,1-3H3. The van der Waals surface area contributed by atoms with Crippen molar-refractivity contribution >= 4 is 5.94 Å². The number of rotatable bonds is 4. The van der Waals surface area contributed by atoms with Crippen molar-refractivity contribution in [1.29, 1.82) is 0 Å². The van der Waals surface area contributed by atoms with E-state index in [-0.39, 0.29) is 5.41 Å². The van der Waals surface area contributed by atoms with Crippen LogP contribution in [0.2, 0.25) is 0 Å². The van der Waals surface area contributed by atoms with Crippen molar-refractivity contribution in [1.82, 2.24) is 5.32 Å². The highest BCUT2D eigenvalue weighted by Gasteiger charge is 2.25. The van der Waals surface area contributed by atoms with Crippen LogP contribution in [0.4, 0.5) is 0 Å². The average Bonchev–Trinajstić information content (AvgIpc) is 2.16. The summed E-state index contributed by atoms with van der Waals surface area (Å²) in [5.74, 6) is 2.03.